The Hall–Kier alpha value is -5.44. The average molecular weight is 690 g/mol. The van der Waals surface area contributed by atoms with Gasteiger partial charge in [0.2, 0.25) is 6.10 Å². The highest BCUT2D eigenvalue weighted by Gasteiger charge is 2.24. The highest BCUT2D eigenvalue weighted by molar-refractivity contribution is 5.91. The Morgan fingerprint density at radius 2 is 1.59 bits per heavy atom. The maximum absolute atomic E-state index is 14.4. The van der Waals surface area contributed by atoms with Crippen LogP contribution in [0.1, 0.15) is 81.1 Å². The van der Waals surface area contributed by atoms with Crippen molar-refractivity contribution in [2.45, 2.75) is 79.0 Å². The first kappa shape index (κ1) is 36.8. The third kappa shape index (κ3) is 9.42. The van der Waals surface area contributed by atoms with E-state index in [4.69, 9.17) is 14.5 Å². The summed E-state index contributed by atoms with van der Waals surface area (Å²) < 4.78 is 13.5. The van der Waals surface area contributed by atoms with Gasteiger partial charge in [0.05, 0.1) is 30.6 Å². The summed E-state index contributed by atoms with van der Waals surface area (Å²) in [4.78, 5) is 46.5. The summed E-state index contributed by atoms with van der Waals surface area (Å²) in [5.41, 5.74) is 4.14. The van der Waals surface area contributed by atoms with Crippen molar-refractivity contribution in [1.82, 2.24) is 9.55 Å². The lowest BCUT2D eigenvalue weighted by Crippen LogP contribution is -2.32. The molecule has 5 aromatic rings. The first-order chi connectivity index (χ1) is 24.7. The van der Waals surface area contributed by atoms with Crippen molar-refractivity contribution < 1.29 is 24.2 Å². The van der Waals surface area contributed by atoms with Gasteiger partial charge in [0.15, 0.2) is 0 Å². The molecule has 4 aromatic carbocycles. The molecule has 5 rings (SSSR count). The Morgan fingerprint density at radius 3 is 2.25 bits per heavy atom. The van der Waals surface area contributed by atoms with Crippen molar-refractivity contribution in [3.05, 3.63) is 135 Å². The maximum Gasteiger partial charge on any atom is 0.414 e. The topological polar surface area (TPSA) is 111 Å². The molecule has 9 nitrogen and oxygen atoms in total. The Balaban J connectivity index is 1.53. The molecule has 0 radical (unpaired) electrons. The van der Waals surface area contributed by atoms with E-state index in [1.165, 1.54) is 0 Å². The number of carboxylic acid groups (broad SMARTS) is 1. The molecule has 1 amide bonds. The zero-order chi connectivity index (χ0) is 36.3. The van der Waals surface area contributed by atoms with Gasteiger partial charge in [-0.05, 0) is 59.7 Å². The minimum atomic E-state index is -1.15. The van der Waals surface area contributed by atoms with Crippen LogP contribution in [-0.4, -0.2) is 33.3 Å². The van der Waals surface area contributed by atoms with E-state index in [2.05, 4.69) is 13.8 Å². The van der Waals surface area contributed by atoms with Crippen LogP contribution in [0.3, 0.4) is 0 Å². The number of anilines is 1. The van der Waals surface area contributed by atoms with Crippen molar-refractivity contribution in [2.24, 2.45) is 5.92 Å². The van der Waals surface area contributed by atoms with Gasteiger partial charge in [-0.3, -0.25) is 14.3 Å². The number of rotatable bonds is 16. The summed E-state index contributed by atoms with van der Waals surface area (Å²) in [6, 6.07) is 29.6. The number of aryl methyl sites for hydroxylation is 2. The zero-order valence-electron chi connectivity index (χ0n) is 29.9. The number of nitrogens with zero attached hydrogens (tertiary/aromatic N) is 3. The predicted octanol–water partition coefficient (Wildman–Crippen LogP) is 8.74. The summed E-state index contributed by atoms with van der Waals surface area (Å²) in [6.07, 6.45) is 2.30. The van der Waals surface area contributed by atoms with E-state index < -0.39 is 18.2 Å². The van der Waals surface area contributed by atoms with E-state index in [1.54, 1.807) is 51.9 Å². The second kappa shape index (κ2) is 17.5. The molecule has 9 heteroatoms. The van der Waals surface area contributed by atoms with Gasteiger partial charge in [0, 0.05) is 17.7 Å². The van der Waals surface area contributed by atoms with Crippen molar-refractivity contribution >= 4 is 28.7 Å². The molecule has 0 aliphatic heterocycles. The molecule has 0 fully saturated rings. The van der Waals surface area contributed by atoms with Crippen molar-refractivity contribution in [3.8, 4) is 5.75 Å². The van der Waals surface area contributed by atoms with Gasteiger partial charge in [-0.15, -0.1) is 0 Å². The van der Waals surface area contributed by atoms with Crippen LogP contribution < -0.4 is 15.2 Å². The van der Waals surface area contributed by atoms with E-state index in [1.807, 2.05) is 68.4 Å². The van der Waals surface area contributed by atoms with Crippen LogP contribution >= 0.6 is 0 Å². The van der Waals surface area contributed by atoms with Gasteiger partial charge >= 0.3 is 12.1 Å². The molecular formula is C42H47N3O6. The summed E-state index contributed by atoms with van der Waals surface area (Å²) in [5, 5.41) is 10.4. The Morgan fingerprint density at radius 1 is 0.863 bits per heavy atom. The molecule has 1 N–H and O–H groups in total. The van der Waals surface area contributed by atoms with Crippen LogP contribution in [0.15, 0.2) is 102 Å². The number of aromatic nitrogens is 2. The number of hydrogen-bond acceptors (Lipinski definition) is 6. The molecule has 0 aliphatic carbocycles. The standard InChI is InChI=1S/C42H47N3O6/c1-5-7-19-38-43-36-22-21-34(44(42(49)50-28-29(3)4)26-30-15-10-8-11-16-30)25-35(36)40(46)45(38)27-31-20-23-37(33(24-31)14-6-2)51-39(41(47)48)32-17-12-9-13-18-32/h8-13,15-18,20-25,29,39H,5-7,14,19,26-28H2,1-4H3,(H,47,48). The molecule has 51 heavy (non-hydrogen) atoms. The van der Waals surface area contributed by atoms with Crippen LogP contribution in [0.25, 0.3) is 10.9 Å². The van der Waals surface area contributed by atoms with E-state index in [0.29, 0.717) is 46.6 Å². The smallest absolute Gasteiger partial charge is 0.414 e. The number of carbonyl (C=O) groups excluding carboxylic acids is 1. The molecule has 0 bridgehead atoms. The second-order valence-electron chi connectivity index (χ2n) is 13.2. The number of carbonyl (C=O) groups is 2. The monoisotopic (exact) mass is 689 g/mol. The first-order valence-electron chi connectivity index (χ1n) is 17.8. The van der Waals surface area contributed by atoms with E-state index >= 15 is 0 Å². The molecule has 0 saturated carbocycles. The van der Waals surface area contributed by atoms with Crippen LogP contribution in [-0.2, 0) is 35.5 Å². The van der Waals surface area contributed by atoms with Gasteiger partial charge in [0.25, 0.3) is 5.56 Å². The molecule has 266 valence electrons. The molecule has 0 spiro atoms. The number of hydrogen-bond donors (Lipinski definition) is 1. The van der Waals surface area contributed by atoms with Crippen LogP contribution in [0.5, 0.6) is 5.75 Å². The first-order valence-corrected chi connectivity index (χ1v) is 17.8. The molecule has 1 heterocycles. The van der Waals surface area contributed by atoms with Gasteiger partial charge in [-0.2, -0.15) is 0 Å². The lowest BCUT2D eigenvalue weighted by atomic mass is 10.0. The number of amides is 1. The SMILES string of the molecule is CCCCc1nc2ccc(N(Cc3ccccc3)C(=O)OCC(C)C)cc2c(=O)n1Cc1ccc(OC(C(=O)O)c2ccccc2)c(CCC)c1. The number of unbranched alkanes of at least 4 members (excludes halogenated alkanes) is 1. The van der Waals surface area contributed by atoms with Gasteiger partial charge in [-0.1, -0.05) is 113 Å². The number of ether oxygens (including phenoxy) is 2. The average Bonchev–Trinajstić information content (AvgIpc) is 3.13. The predicted molar refractivity (Wildman–Crippen MR) is 200 cm³/mol. The normalized spacial score (nSPS) is 11.8. The lowest BCUT2D eigenvalue weighted by molar-refractivity contribution is -0.145. The van der Waals surface area contributed by atoms with Crippen LogP contribution in [0.4, 0.5) is 10.5 Å². The number of carboxylic acids is 1. The largest absolute Gasteiger partial charge is 0.478 e. The van der Waals surface area contributed by atoms with E-state index in [9.17, 15) is 19.5 Å². The quantitative estimate of drug-likeness (QED) is 0.110. The second-order valence-corrected chi connectivity index (χ2v) is 13.2. The Labute approximate surface area is 299 Å². The highest BCUT2D eigenvalue weighted by Crippen LogP contribution is 2.29. The minimum Gasteiger partial charge on any atom is -0.478 e. The third-order valence-electron chi connectivity index (χ3n) is 8.58. The molecular weight excluding hydrogens is 642 g/mol. The van der Waals surface area contributed by atoms with Gasteiger partial charge < -0.3 is 14.6 Å². The zero-order valence-corrected chi connectivity index (χ0v) is 29.9. The van der Waals surface area contributed by atoms with Crippen molar-refractivity contribution in [2.75, 3.05) is 11.5 Å². The number of benzene rings is 4. The fraction of sp³-hybridized carbons (Fsp3) is 0.333. The molecule has 1 aromatic heterocycles. The summed E-state index contributed by atoms with van der Waals surface area (Å²) in [6.45, 7) is 8.95. The Bertz CT molecular complexity index is 1990. The van der Waals surface area contributed by atoms with Gasteiger partial charge in [-0.25, -0.2) is 14.6 Å². The fourth-order valence-electron chi connectivity index (χ4n) is 5.96. The van der Waals surface area contributed by atoms with Crippen molar-refractivity contribution in [1.29, 1.82) is 0 Å². The van der Waals surface area contributed by atoms with Crippen LogP contribution in [0.2, 0.25) is 0 Å². The van der Waals surface area contributed by atoms with Gasteiger partial charge in [0.1, 0.15) is 11.6 Å². The summed E-state index contributed by atoms with van der Waals surface area (Å²) in [5.74, 6) is 0.284. The number of fused-ring (bicyclic) bond motifs is 1. The summed E-state index contributed by atoms with van der Waals surface area (Å²) in [7, 11) is 0. The fourth-order valence-corrected chi connectivity index (χ4v) is 5.96. The number of aliphatic carboxylic acids is 1. The minimum absolute atomic E-state index is 0.169. The maximum atomic E-state index is 14.4. The van der Waals surface area contributed by atoms with Crippen molar-refractivity contribution in [3.63, 3.8) is 0 Å². The highest BCUT2D eigenvalue weighted by atomic mass is 16.6. The molecule has 1 unspecified atom stereocenters. The Kier molecular flexibility index (Phi) is 12.6. The summed E-state index contributed by atoms with van der Waals surface area (Å²) >= 11 is 0. The van der Waals surface area contributed by atoms with E-state index in [0.717, 1.165) is 36.0 Å². The lowest BCUT2D eigenvalue weighted by Gasteiger charge is -2.23. The third-order valence-corrected chi connectivity index (χ3v) is 8.58. The molecule has 0 saturated heterocycles. The van der Waals surface area contributed by atoms with E-state index in [-0.39, 0.29) is 31.2 Å². The molecule has 0 aliphatic rings. The van der Waals surface area contributed by atoms with Crippen LogP contribution in [0, 0.1) is 5.92 Å². The molecule has 1 atom stereocenters.